The molecule has 0 spiro atoms. The molecule has 1 aromatic heterocycles. The molecule has 0 N–H and O–H groups in total. The number of nitrogens with zero attached hydrogens (tertiary/aromatic N) is 1. The first kappa shape index (κ1) is 16.1. The van der Waals surface area contributed by atoms with E-state index < -0.39 is 0 Å². The van der Waals surface area contributed by atoms with Crippen molar-refractivity contribution >= 4 is 22.4 Å². The van der Waals surface area contributed by atoms with Crippen molar-refractivity contribution in [3.05, 3.63) is 35.6 Å². The topological polar surface area (TPSA) is 42.7 Å². The van der Waals surface area contributed by atoms with Gasteiger partial charge in [-0.2, -0.15) is 0 Å². The third kappa shape index (κ3) is 3.01. The summed E-state index contributed by atoms with van der Waals surface area (Å²) in [6, 6.07) is 3.89. The number of benzene rings is 1. The van der Waals surface area contributed by atoms with Gasteiger partial charge >= 0.3 is 0 Å². The molecule has 4 nitrogen and oxygen atoms in total. The van der Waals surface area contributed by atoms with Crippen molar-refractivity contribution in [3.63, 3.8) is 0 Å². The summed E-state index contributed by atoms with van der Waals surface area (Å²) in [5.74, 6) is 0.733. The van der Waals surface area contributed by atoms with Crippen molar-refractivity contribution in [2.45, 2.75) is 27.7 Å². The normalized spacial score (nSPS) is 11.8. The minimum absolute atomic E-state index is 0.0218. The Labute approximate surface area is 131 Å². The third-order valence-electron chi connectivity index (χ3n) is 3.93. The number of furan rings is 1. The number of hydrogen-bond donors (Lipinski definition) is 0. The number of rotatable bonds is 5. The molecular weight excluding hydrogens is 278 g/mol. The number of aryl methyl sites for hydroxylation is 1. The van der Waals surface area contributed by atoms with Gasteiger partial charge in [-0.1, -0.05) is 0 Å². The van der Waals surface area contributed by atoms with Crippen molar-refractivity contribution in [1.29, 1.82) is 0 Å². The Morgan fingerprint density at radius 1 is 1.32 bits per heavy atom. The van der Waals surface area contributed by atoms with E-state index in [1.54, 1.807) is 24.3 Å². The number of likely N-dealkylation sites (N-methyl/N-ethyl adjacent to an activating group) is 1. The molecule has 1 heterocycles. The summed E-state index contributed by atoms with van der Waals surface area (Å²) in [6.45, 7) is 9.30. The Kier molecular flexibility index (Phi) is 4.91. The van der Waals surface area contributed by atoms with E-state index in [4.69, 9.17) is 9.15 Å². The van der Waals surface area contributed by atoms with E-state index in [0.717, 1.165) is 27.7 Å². The average Bonchev–Trinajstić information content (AvgIpc) is 2.87. The number of allylic oxidation sites excluding steroid dienone is 1. The van der Waals surface area contributed by atoms with Crippen LogP contribution in [0.25, 0.3) is 16.5 Å². The SMILES string of the molecule is CCN(CC)C(=O)/C=C(\C)c1cc2c(C)coc2cc1OC. The lowest BCUT2D eigenvalue weighted by Gasteiger charge is -2.17. The van der Waals surface area contributed by atoms with E-state index >= 15 is 0 Å². The van der Waals surface area contributed by atoms with Gasteiger partial charge < -0.3 is 14.1 Å². The highest BCUT2D eigenvalue weighted by molar-refractivity contribution is 5.97. The molecule has 0 radical (unpaired) electrons. The number of carbonyl (C=O) groups is 1. The molecule has 22 heavy (non-hydrogen) atoms. The summed E-state index contributed by atoms with van der Waals surface area (Å²) in [6.07, 6.45) is 3.40. The second-order valence-corrected chi connectivity index (χ2v) is 5.31. The van der Waals surface area contributed by atoms with Crippen LogP contribution in [0.1, 0.15) is 31.9 Å². The lowest BCUT2D eigenvalue weighted by Crippen LogP contribution is -2.28. The van der Waals surface area contributed by atoms with Crippen molar-refractivity contribution < 1.29 is 13.9 Å². The van der Waals surface area contributed by atoms with Gasteiger partial charge in [-0.3, -0.25) is 4.79 Å². The summed E-state index contributed by atoms with van der Waals surface area (Å²) < 4.78 is 11.0. The predicted molar refractivity (Wildman–Crippen MR) is 89.1 cm³/mol. The number of amides is 1. The van der Waals surface area contributed by atoms with Crippen molar-refractivity contribution in [2.75, 3.05) is 20.2 Å². The fourth-order valence-electron chi connectivity index (χ4n) is 2.55. The number of methoxy groups -OCH3 is 1. The largest absolute Gasteiger partial charge is 0.496 e. The van der Waals surface area contributed by atoms with Crippen LogP contribution in [0.3, 0.4) is 0 Å². The molecule has 1 aromatic carbocycles. The number of carbonyl (C=O) groups excluding carboxylic acids is 1. The predicted octanol–water partition coefficient (Wildman–Crippen LogP) is 4.02. The number of ether oxygens (including phenoxy) is 1. The van der Waals surface area contributed by atoms with Crippen LogP contribution < -0.4 is 4.74 Å². The Balaban J connectivity index is 2.47. The van der Waals surface area contributed by atoms with Crippen LogP contribution in [0, 0.1) is 6.92 Å². The number of fused-ring (bicyclic) bond motifs is 1. The summed E-state index contributed by atoms with van der Waals surface area (Å²) >= 11 is 0. The van der Waals surface area contributed by atoms with Gasteiger partial charge in [0, 0.05) is 36.2 Å². The number of hydrogen-bond acceptors (Lipinski definition) is 3. The minimum Gasteiger partial charge on any atom is -0.496 e. The molecule has 4 heteroatoms. The Morgan fingerprint density at radius 2 is 2.00 bits per heavy atom. The standard InChI is InChI=1S/C18H23NO3/c1-6-19(7-2)18(20)8-12(3)14-9-15-13(4)11-22-17(15)10-16(14)21-5/h8-11H,6-7H2,1-5H3/b12-8+. The van der Waals surface area contributed by atoms with E-state index in [1.165, 1.54) is 0 Å². The van der Waals surface area contributed by atoms with E-state index in [0.29, 0.717) is 18.8 Å². The lowest BCUT2D eigenvalue weighted by atomic mass is 10.0. The molecule has 118 valence electrons. The molecule has 0 bridgehead atoms. The fraction of sp³-hybridized carbons (Fsp3) is 0.389. The summed E-state index contributed by atoms with van der Waals surface area (Å²) in [5, 5.41) is 1.04. The highest BCUT2D eigenvalue weighted by Crippen LogP contribution is 2.33. The van der Waals surface area contributed by atoms with Crippen LogP contribution in [-0.4, -0.2) is 31.0 Å². The zero-order valence-electron chi connectivity index (χ0n) is 13.9. The van der Waals surface area contributed by atoms with E-state index in [1.807, 2.05) is 39.8 Å². The molecule has 0 unspecified atom stereocenters. The summed E-state index contributed by atoms with van der Waals surface area (Å²) in [7, 11) is 1.62. The van der Waals surface area contributed by atoms with Crippen LogP contribution >= 0.6 is 0 Å². The van der Waals surface area contributed by atoms with Crippen LogP contribution in [0.4, 0.5) is 0 Å². The van der Waals surface area contributed by atoms with Gasteiger partial charge in [0.25, 0.3) is 0 Å². The van der Waals surface area contributed by atoms with Crippen molar-refractivity contribution in [3.8, 4) is 5.75 Å². The van der Waals surface area contributed by atoms with E-state index in [2.05, 4.69) is 0 Å². The first-order chi connectivity index (χ1) is 10.5. The molecule has 0 fully saturated rings. The molecule has 0 saturated heterocycles. The maximum atomic E-state index is 12.3. The maximum absolute atomic E-state index is 12.3. The highest BCUT2D eigenvalue weighted by Gasteiger charge is 2.13. The Bertz CT molecular complexity index is 708. The quantitative estimate of drug-likeness (QED) is 0.783. The molecule has 2 rings (SSSR count). The summed E-state index contributed by atoms with van der Waals surface area (Å²) in [5.41, 5.74) is 3.67. The molecule has 2 aromatic rings. The third-order valence-corrected chi connectivity index (χ3v) is 3.93. The second-order valence-electron chi connectivity index (χ2n) is 5.31. The smallest absolute Gasteiger partial charge is 0.246 e. The maximum Gasteiger partial charge on any atom is 0.246 e. The van der Waals surface area contributed by atoms with Crippen LogP contribution in [0.5, 0.6) is 5.75 Å². The second kappa shape index (κ2) is 6.69. The lowest BCUT2D eigenvalue weighted by molar-refractivity contribution is -0.125. The van der Waals surface area contributed by atoms with Gasteiger partial charge in [-0.15, -0.1) is 0 Å². The van der Waals surface area contributed by atoms with Gasteiger partial charge in [0.2, 0.25) is 5.91 Å². The first-order valence-electron chi connectivity index (χ1n) is 7.55. The molecule has 0 saturated carbocycles. The fourth-order valence-corrected chi connectivity index (χ4v) is 2.55. The molecular formula is C18H23NO3. The zero-order valence-corrected chi connectivity index (χ0v) is 13.9. The molecule has 0 aliphatic rings. The Morgan fingerprint density at radius 3 is 2.59 bits per heavy atom. The van der Waals surface area contributed by atoms with Gasteiger partial charge in [0.05, 0.1) is 13.4 Å². The monoisotopic (exact) mass is 301 g/mol. The zero-order chi connectivity index (χ0) is 16.3. The van der Waals surface area contributed by atoms with Gasteiger partial charge in [0.1, 0.15) is 11.3 Å². The first-order valence-corrected chi connectivity index (χ1v) is 7.55. The van der Waals surface area contributed by atoms with E-state index in [9.17, 15) is 4.79 Å². The van der Waals surface area contributed by atoms with Crippen LogP contribution in [0.15, 0.2) is 28.9 Å². The van der Waals surface area contributed by atoms with Gasteiger partial charge in [0.15, 0.2) is 0 Å². The minimum atomic E-state index is 0.0218. The van der Waals surface area contributed by atoms with Crippen LogP contribution in [0.2, 0.25) is 0 Å². The van der Waals surface area contributed by atoms with Crippen LogP contribution in [-0.2, 0) is 4.79 Å². The molecule has 0 aliphatic heterocycles. The molecule has 1 amide bonds. The van der Waals surface area contributed by atoms with E-state index in [-0.39, 0.29) is 5.91 Å². The Hall–Kier alpha value is -2.23. The highest BCUT2D eigenvalue weighted by atomic mass is 16.5. The summed E-state index contributed by atoms with van der Waals surface area (Å²) in [4.78, 5) is 14.0. The van der Waals surface area contributed by atoms with Gasteiger partial charge in [-0.25, -0.2) is 0 Å². The van der Waals surface area contributed by atoms with Gasteiger partial charge in [-0.05, 0) is 44.9 Å². The molecule has 0 aliphatic carbocycles. The molecule has 0 atom stereocenters. The van der Waals surface area contributed by atoms with Crippen molar-refractivity contribution in [1.82, 2.24) is 4.90 Å². The average molecular weight is 301 g/mol. The van der Waals surface area contributed by atoms with Crippen molar-refractivity contribution in [2.24, 2.45) is 0 Å².